The van der Waals surface area contributed by atoms with Crippen molar-refractivity contribution < 1.29 is 18.4 Å². The van der Waals surface area contributed by atoms with Gasteiger partial charge in [0.05, 0.1) is 6.04 Å². The molecule has 33 heavy (non-hydrogen) atoms. The number of fused-ring (bicyclic) bond motifs is 1. The number of nitrogens with one attached hydrogen (secondary N) is 2. The number of nitrogens with zero attached hydrogens (tertiary/aromatic N) is 2. The van der Waals surface area contributed by atoms with E-state index in [0.29, 0.717) is 43.9 Å². The molecule has 3 aliphatic heterocycles. The molecule has 5 aliphatic rings. The van der Waals surface area contributed by atoms with Crippen molar-refractivity contribution in [2.75, 3.05) is 26.7 Å². The maximum absolute atomic E-state index is 14.7. The Hall–Kier alpha value is -1.28. The molecule has 5 rings (SSSR count). The highest BCUT2D eigenvalue weighted by Gasteiger charge is 2.47. The van der Waals surface area contributed by atoms with E-state index >= 15 is 0 Å². The molecule has 3 saturated heterocycles. The smallest absolute Gasteiger partial charge is 0.237 e. The maximum Gasteiger partial charge on any atom is 0.237 e. The topological polar surface area (TPSA) is 64.7 Å². The Morgan fingerprint density at radius 1 is 1.06 bits per heavy atom. The molecule has 2 saturated carbocycles. The molecule has 0 bridgehead atoms. The van der Waals surface area contributed by atoms with Crippen LogP contribution >= 0.6 is 0 Å². The van der Waals surface area contributed by atoms with Gasteiger partial charge in [0.25, 0.3) is 0 Å². The first-order valence-corrected chi connectivity index (χ1v) is 13.1. The quantitative estimate of drug-likeness (QED) is 0.667. The van der Waals surface area contributed by atoms with Crippen LogP contribution in [0.15, 0.2) is 0 Å². The van der Waals surface area contributed by atoms with E-state index in [-0.39, 0.29) is 47.8 Å². The molecule has 0 aromatic rings. The predicted octanol–water partition coefficient (Wildman–Crippen LogP) is 2.28. The molecule has 6 nitrogen and oxygen atoms in total. The van der Waals surface area contributed by atoms with Crippen LogP contribution in [0.25, 0.3) is 0 Å². The zero-order valence-corrected chi connectivity index (χ0v) is 20.0. The number of halogens is 2. The number of amides is 2. The molecule has 2 amide bonds. The Morgan fingerprint density at radius 3 is 2.61 bits per heavy atom. The molecular weight excluding hydrogens is 426 g/mol. The first-order valence-electron chi connectivity index (χ1n) is 13.1. The lowest BCUT2D eigenvalue weighted by atomic mass is 9.76. The van der Waals surface area contributed by atoms with Crippen LogP contribution in [0.2, 0.25) is 0 Å². The predicted molar refractivity (Wildman–Crippen MR) is 122 cm³/mol. The number of hydrogen-bond acceptors (Lipinski definition) is 4. The van der Waals surface area contributed by atoms with Crippen LogP contribution < -0.4 is 10.6 Å². The Balaban J connectivity index is 1.15. The standard InChI is InChI=1S/C25H40F2N4O2/c1-14-3-4-21(27)20-11-22(29-24(14)20)25(33)28-18-8-16(7-17(26)9-18)15-5-6-31(12-15)19-10-23(32)30(2)13-19/h14-22,24,29H,3-13H2,1-2H3,(H,28,33). The number of likely N-dealkylation sites (N-methyl/N-ethyl adjacent to an activating group) is 1. The van der Waals surface area contributed by atoms with E-state index in [1.54, 1.807) is 4.90 Å². The minimum absolute atomic E-state index is 0.0727. The molecule has 10 unspecified atom stereocenters. The molecule has 0 radical (unpaired) electrons. The van der Waals surface area contributed by atoms with Crippen molar-refractivity contribution >= 4 is 11.8 Å². The lowest BCUT2D eigenvalue weighted by Crippen LogP contribution is -2.50. The molecule has 186 valence electrons. The third-order valence-corrected chi connectivity index (χ3v) is 9.45. The summed E-state index contributed by atoms with van der Waals surface area (Å²) in [5.41, 5.74) is 0. The number of carbonyl (C=O) groups is 2. The summed E-state index contributed by atoms with van der Waals surface area (Å²) in [6.45, 7) is 4.82. The highest BCUT2D eigenvalue weighted by atomic mass is 19.1. The second-order valence-electron chi connectivity index (χ2n) is 11.7. The van der Waals surface area contributed by atoms with Crippen molar-refractivity contribution in [2.24, 2.45) is 23.7 Å². The average Bonchev–Trinajstić information content (AvgIpc) is 3.50. The van der Waals surface area contributed by atoms with Gasteiger partial charge in [-0.2, -0.15) is 0 Å². The van der Waals surface area contributed by atoms with E-state index in [4.69, 9.17) is 0 Å². The van der Waals surface area contributed by atoms with E-state index in [0.717, 1.165) is 38.9 Å². The van der Waals surface area contributed by atoms with Gasteiger partial charge < -0.3 is 15.5 Å². The van der Waals surface area contributed by atoms with Gasteiger partial charge in [-0.1, -0.05) is 6.92 Å². The fourth-order valence-electron chi connectivity index (χ4n) is 7.51. The van der Waals surface area contributed by atoms with Crippen molar-refractivity contribution in [3.05, 3.63) is 0 Å². The number of hydrogen-bond donors (Lipinski definition) is 2. The van der Waals surface area contributed by atoms with Crippen LogP contribution in [-0.2, 0) is 9.59 Å². The Labute approximate surface area is 196 Å². The first-order chi connectivity index (χ1) is 15.8. The SMILES string of the molecule is CC1CCC(F)C2CC(C(=O)NC3CC(F)CC(C4CCN(C5CC(=O)N(C)C5)C4)C3)NC12. The summed E-state index contributed by atoms with van der Waals surface area (Å²) >= 11 is 0. The van der Waals surface area contributed by atoms with E-state index in [1.807, 2.05) is 7.05 Å². The van der Waals surface area contributed by atoms with Crippen molar-refractivity contribution in [2.45, 2.75) is 94.8 Å². The molecule has 0 spiro atoms. The van der Waals surface area contributed by atoms with Gasteiger partial charge in [0.2, 0.25) is 11.8 Å². The fourth-order valence-corrected chi connectivity index (χ4v) is 7.51. The minimum atomic E-state index is -0.892. The highest BCUT2D eigenvalue weighted by molar-refractivity contribution is 5.82. The van der Waals surface area contributed by atoms with Crippen LogP contribution in [0, 0.1) is 23.7 Å². The van der Waals surface area contributed by atoms with E-state index in [1.165, 1.54) is 0 Å². The van der Waals surface area contributed by atoms with Gasteiger partial charge in [0, 0.05) is 50.6 Å². The summed E-state index contributed by atoms with van der Waals surface area (Å²) in [6.07, 6.45) is 3.67. The fraction of sp³-hybridized carbons (Fsp3) is 0.920. The van der Waals surface area contributed by atoms with Crippen LogP contribution in [-0.4, -0.2) is 84.8 Å². The average molecular weight is 467 g/mol. The normalized spacial score (nSPS) is 46.5. The Kier molecular flexibility index (Phi) is 6.68. The summed E-state index contributed by atoms with van der Waals surface area (Å²) in [6, 6.07) is -0.159. The van der Waals surface area contributed by atoms with Crippen LogP contribution in [0.5, 0.6) is 0 Å². The van der Waals surface area contributed by atoms with Crippen molar-refractivity contribution in [3.63, 3.8) is 0 Å². The van der Waals surface area contributed by atoms with Crippen LogP contribution in [0.3, 0.4) is 0 Å². The minimum Gasteiger partial charge on any atom is -0.352 e. The summed E-state index contributed by atoms with van der Waals surface area (Å²) in [4.78, 5) is 29.2. The number of alkyl halides is 2. The monoisotopic (exact) mass is 466 g/mol. The zero-order chi connectivity index (χ0) is 23.3. The third-order valence-electron chi connectivity index (χ3n) is 9.45. The van der Waals surface area contributed by atoms with Gasteiger partial charge in [-0.05, 0) is 69.2 Å². The maximum atomic E-state index is 14.7. The summed E-state index contributed by atoms with van der Waals surface area (Å²) in [5, 5.41) is 6.53. The van der Waals surface area contributed by atoms with Crippen LogP contribution in [0.4, 0.5) is 8.78 Å². The molecule has 0 aromatic carbocycles. The third kappa shape index (κ3) is 4.79. The summed E-state index contributed by atoms with van der Waals surface area (Å²) in [7, 11) is 1.86. The van der Waals surface area contributed by atoms with E-state index < -0.39 is 12.3 Å². The van der Waals surface area contributed by atoms with Crippen LogP contribution in [0.1, 0.15) is 58.3 Å². The second kappa shape index (κ2) is 9.40. The lowest BCUT2D eigenvalue weighted by molar-refractivity contribution is -0.126. The van der Waals surface area contributed by atoms with Crippen molar-refractivity contribution in [3.8, 4) is 0 Å². The molecule has 8 heteroatoms. The molecule has 5 fully saturated rings. The van der Waals surface area contributed by atoms with Gasteiger partial charge in [-0.15, -0.1) is 0 Å². The Bertz CT molecular complexity index is 736. The van der Waals surface area contributed by atoms with Crippen molar-refractivity contribution in [1.29, 1.82) is 0 Å². The molecule has 0 aromatic heterocycles. The number of likely N-dealkylation sites (tertiary alicyclic amines) is 2. The number of rotatable bonds is 4. The highest BCUT2D eigenvalue weighted by Crippen LogP contribution is 2.40. The zero-order valence-electron chi connectivity index (χ0n) is 20.0. The number of carbonyl (C=O) groups excluding carboxylic acids is 2. The van der Waals surface area contributed by atoms with Gasteiger partial charge in [-0.3, -0.25) is 14.5 Å². The first kappa shape index (κ1) is 23.5. The largest absolute Gasteiger partial charge is 0.352 e. The molecule has 3 heterocycles. The van der Waals surface area contributed by atoms with Crippen molar-refractivity contribution in [1.82, 2.24) is 20.4 Å². The van der Waals surface area contributed by atoms with Gasteiger partial charge in [0.15, 0.2) is 0 Å². The second-order valence-corrected chi connectivity index (χ2v) is 11.7. The molecule has 10 atom stereocenters. The van der Waals surface area contributed by atoms with Gasteiger partial charge in [-0.25, -0.2) is 8.78 Å². The molecule has 2 aliphatic carbocycles. The molecule has 2 N–H and O–H groups in total. The van der Waals surface area contributed by atoms with Gasteiger partial charge in [0.1, 0.15) is 12.3 Å². The molecular formula is C25H40F2N4O2. The van der Waals surface area contributed by atoms with E-state index in [9.17, 15) is 18.4 Å². The van der Waals surface area contributed by atoms with E-state index in [2.05, 4.69) is 22.5 Å². The summed E-state index contributed by atoms with van der Waals surface area (Å²) < 4.78 is 29.2. The lowest BCUT2D eigenvalue weighted by Gasteiger charge is -2.36. The Morgan fingerprint density at radius 2 is 1.88 bits per heavy atom. The van der Waals surface area contributed by atoms with Gasteiger partial charge >= 0.3 is 0 Å². The summed E-state index contributed by atoms with van der Waals surface area (Å²) in [5.74, 6) is 1.11.